The van der Waals surface area contributed by atoms with Gasteiger partial charge in [0.05, 0.1) is 18.4 Å². The molecule has 17 heavy (non-hydrogen) atoms. The Morgan fingerprint density at radius 1 is 1.24 bits per heavy atom. The minimum atomic E-state index is -4.67. The van der Waals surface area contributed by atoms with Crippen molar-refractivity contribution in [3.05, 3.63) is 17.0 Å². The van der Waals surface area contributed by atoms with Crippen molar-refractivity contribution >= 4 is 5.78 Å². The van der Waals surface area contributed by atoms with E-state index in [2.05, 4.69) is 14.7 Å². The Kier molecular flexibility index (Phi) is 2.76. The molecule has 0 radical (unpaired) electrons. The van der Waals surface area contributed by atoms with Gasteiger partial charge in [0.25, 0.3) is 0 Å². The number of carbonyl (C=O) groups excluding carboxylic acids is 1. The average Bonchev–Trinajstić information content (AvgIpc) is 2.26. The molecule has 7 heteroatoms. The number of aryl methyl sites for hydroxylation is 1. The second kappa shape index (κ2) is 3.97. The van der Waals surface area contributed by atoms with Crippen LogP contribution in [0, 0.1) is 0 Å². The molecule has 1 aliphatic carbocycles. The van der Waals surface area contributed by atoms with Gasteiger partial charge in [0, 0.05) is 6.42 Å². The molecule has 1 aliphatic rings. The van der Waals surface area contributed by atoms with Gasteiger partial charge in [-0.2, -0.15) is 23.1 Å². The molecule has 0 N–H and O–H groups in total. The Morgan fingerprint density at radius 3 is 2.53 bits per heavy atom. The monoisotopic (exact) mass is 246 g/mol. The number of fused-ring (bicyclic) bond motifs is 1. The van der Waals surface area contributed by atoms with Gasteiger partial charge in [0.2, 0.25) is 0 Å². The van der Waals surface area contributed by atoms with E-state index < -0.39 is 23.2 Å². The Balaban J connectivity index is 2.67. The van der Waals surface area contributed by atoms with Crippen LogP contribution in [0.2, 0.25) is 0 Å². The van der Waals surface area contributed by atoms with Crippen molar-refractivity contribution in [2.24, 2.45) is 0 Å². The van der Waals surface area contributed by atoms with Gasteiger partial charge in [-0.05, 0) is 12.8 Å². The molecule has 0 atom stereocenters. The number of ether oxygens (including phenoxy) is 1. The first-order valence-electron chi connectivity index (χ1n) is 4.98. The molecule has 1 aromatic heterocycles. The van der Waals surface area contributed by atoms with Crippen LogP contribution in [0.15, 0.2) is 0 Å². The predicted octanol–water partition coefficient (Wildman–Crippen LogP) is 2.02. The van der Waals surface area contributed by atoms with Crippen molar-refractivity contribution in [1.82, 2.24) is 9.97 Å². The Bertz CT molecular complexity index is 471. The second-order valence-electron chi connectivity index (χ2n) is 3.66. The number of hydrogen-bond donors (Lipinski definition) is 0. The molecule has 0 unspecified atom stereocenters. The maximum Gasteiger partial charge on any atom is 0.434 e. The second-order valence-corrected chi connectivity index (χ2v) is 3.66. The first kappa shape index (κ1) is 11.8. The topological polar surface area (TPSA) is 52.1 Å². The van der Waals surface area contributed by atoms with Gasteiger partial charge >= 0.3 is 12.2 Å². The molecule has 1 heterocycles. The fourth-order valence-corrected chi connectivity index (χ4v) is 1.80. The van der Waals surface area contributed by atoms with E-state index in [1.165, 1.54) is 7.11 Å². The Labute approximate surface area is 94.8 Å². The Hall–Kier alpha value is -1.66. The predicted molar refractivity (Wildman–Crippen MR) is 50.9 cm³/mol. The van der Waals surface area contributed by atoms with Crippen LogP contribution in [0.25, 0.3) is 0 Å². The number of alkyl halides is 3. The molecule has 0 amide bonds. The fraction of sp³-hybridized carbons (Fsp3) is 0.500. The van der Waals surface area contributed by atoms with E-state index in [1.807, 2.05) is 0 Å². The summed E-state index contributed by atoms with van der Waals surface area (Å²) in [6, 6.07) is -0.356. The number of Topliss-reactive ketones (excluding diaryl/α,β-unsaturated/α-hetero) is 1. The number of aromatic nitrogens is 2. The van der Waals surface area contributed by atoms with Crippen molar-refractivity contribution in [3.8, 4) is 6.01 Å². The summed E-state index contributed by atoms with van der Waals surface area (Å²) < 4.78 is 42.9. The summed E-state index contributed by atoms with van der Waals surface area (Å²) in [4.78, 5) is 18.6. The maximum absolute atomic E-state index is 12.8. The summed E-state index contributed by atoms with van der Waals surface area (Å²) in [6.45, 7) is 0. The van der Waals surface area contributed by atoms with Gasteiger partial charge in [-0.3, -0.25) is 4.79 Å². The van der Waals surface area contributed by atoms with Gasteiger partial charge in [-0.1, -0.05) is 0 Å². The van der Waals surface area contributed by atoms with Crippen molar-refractivity contribution in [2.45, 2.75) is 25.4 Å². The zero-order chi connectivity index (χ0) is 12.6. The molecule has 4 nitrogen and oxygen atoms in total. The van der Waals surface area contributed by atoms with Gasteiger partial charge in [0.15, 0.2) is 11.5 Å². The molecule has 0 saturated carbocycles. The summed E-state index contributed by atoms with van der Waals surface area (Å²) in [7, 11) is 1.19. The number of carbonyl (C=O) groups is 1. The largest absolute Gasteiger partial charge is 0.467 e. The van der Waals surface area contributed by atoms with Gasteiger partial charge < -0.3 is 4.74 Å². The van der Waals surface area contributed by atoms with E-state index in [0.29, 0.717) is 12.8 Å². The first-order chi connectivity index (χ1) is 7.93. The maximum atomic E-state index is 12.8. The highest BCUT2D eigenvalue weighted by Crippen LogP contribution is 2.35. The SMILES string of the molecule is COc1nc2c(c(C(F)(F)F)n1)C(=O)CCC2. The molecule has 0 saturated heterocycles. The number of ketones is 1. The van der Waals surface area contributed by atoms with E-state index >= 15 is 0 Å². The van der Waals surface area contributed by atoms with Gasteiger partial charge in [-0.15, -0.1) is 0 Å². The lowest BCUT2D eigenvalue weighted by molar-refractivity contribution is -0.142. The van der Waals surface area contributed by atoms with E-state index in [0.717, 1.165) is 0 Å². The summed E-state index contributed by atoms with van der Waals surface area (Å²) in [5.74, 6) is -0.554. The number of rotatable bonds is 1. The highest BCUT2D eigenvalue weighted by molar-refractivity contribution is 5.99. The summed E-state index contributed by atoms with van der Waals surface area (Å²) in [5, 5.41) is 0. The molecular weight excluding hydrogens is 237 g/mol. The lowest BCUT2D eigenvalue weighted by Gasteiger charge is -2.18. The number of halogens is 3. The van der Waals surface area contributed by atoms with Crippen molar-refractivity contribution < 1.29 is 22.7 Å². The normalized spacial score (nSPS) is 15.6. The van der Waals surface area contributed by atoms with Crippen molar-refractivity contribution in [1.29, 1.82) is 0 Å². The number of methoxy groups -OCH3 is 1. The van der Waals surface area contributed by atoms with E-state index in [4.69, 9.17) is 0 Å². The number of nitrogens with zero attached hydrogens (tertiary/aromatic N) is 2. The zero-order valence-corrected chi connectivity index (χ0v) is 8.97. The molecule has 2 rings (SSSR count). The molecular formula is C10H9F3N2O2. The lowest BCUT2D eigenvalue weighted by atomic mass is 9.93. The summed E-state index contributed by atoms with van der Waals surface area (Å²) in [6.07, 6.45) is -3.73. The van der Waals surface area contributed by atoms with Crippen LogP contribution in [0.3, 0.4) is 0 Å². The van der Waals surface area contributed by atoms with Crippen LogP contribution in [0.1, 0.15) is 34.6 Å². The molecule has 0 aromatic carbocycles. The third kappa shape index (κ3) is 2.09. The van der Waals surface area contributed by atoms with Crippen LogP contribution >= 0.6 is 0 Å². The van der Waals surface area contributed by atoms with Gasteiger partial charge in [0.1, 0.15) is 0 Å². The third-order valence-electron chi connectivity index (χ3n) is 2.51. The van der Waals surface area contributed by atoms with E-state index in [9.17, 15) is 18.0 Å². The van der Waals surface area contributed by atoms with Crippen molar-refractivity contribution in [2.75, 3.05) is 7.11 Å². The number of hydrogen-bond acceptors (Lipinski definition) is 4. The molecule has 0 aliphatic heterocycles. The standard InChI is InChI=1S/C10H9F3N2O2/c1-17-9-14-5-3-2-4-6(16)7(5)8(15-9)10(11,12)13/h2-4H2,1H3. The minimum absolute atomic E-state index is 0.103. The molecule has 92 valence electrons. The lowest BCUT2D eigenvalue weighted by Crippen LogP contribution is -2.22. The average molecular weight is 246 g/mol. The fourth-order valence-electron chi connectivity index (χ4n) is 1.80. The highest BCUT2D eigenvalue weighted by atomic mass is 19.4. The third-order valence-corrected chi connectivity index (χ3v) is 2.51. The minimum Gasteiger partial charge on any atom is -0.467 e. The smallest absolute Gasteiger partial charge is 0.434 e. The van der Waals surface area contributed by atoms with E-state index in [1.54, 1.807) is 0 Å². The van der Waals surface area contributed by atoms with Gasteiger partial charge in [-0.25, -0.2) is 0 Å². The van der Waals surface area contributed by atoms with Crippen LogP contribution in [-0.2, 0) is 12.6 Å². The van der Waals surface area contributed by atoms with E-state index in [-0.39, 0.29) is 18.1 Å². The summed E-state index contributed by atoms with van der Waals surface area (Å²) >= 11 is 0. The van der Waals surface area contributed by atoms with Crippen LogP contribution < -0.4 is 4.74 Å². The Morgan fingerprint density at radius 2 is 1.94 bits per heavy atom. The molecule has 0 bridgehead atoms. The first-order valence-corrected chi connectivity index (χ1v) is 4.98. The molecule has 0 fully saturated rings. The molecule has 0 spiro atoms. The van der Waals surface area contributed by atoms with Crippen molar-refractivity contribution in [3.63, 3.8) is 0 Å². The highest BCUT2D eigenvalue weighted by Gasteiger charge is 2.40. The molecule has 1 aromatic rings. The zero-order valence-electron chi connectivity index (χ0n) is 8.97. The summed E-state index contributed by atoms with van der Waals surface area (Å²) in [5.41, 5.74) is -1.46. The van der Waals surface area contributed by atoms with Crippen LogP contribution in [0.4, 0.5) is 13.2 Å². The quantitative estimate of drug-likeness (QED) is 0.760. The van der Waals surface area contributed by atoms with Crippen LogP contribution in [0.5, 0.6) is 6.01 Å². The van der Waals surface area contributed by atoms with Crippen LogP contribution in [-0.4, -0.2) is 22.9 Å².